The molecule has 132 valence electrons. The second-order valence-corrected chi connectivity index (χ2v) is 7.58. The Hall–Kier alpha value is -1.26. The van der Waals surface area contributed by atoms with Gasteiger partial charge in [-0.05, 0) is 68.7 Å². The van der Waals surface area contributed by atoms with E-state index in [2.05, 4.69) is 10.6 Å². The fraction of sp³-hybridized carbons (Fsp3) is 0.632. The number of carbonyl (C=O) groups excluding carboxylic acids is 1. The number of hydrogen-bond acceptors (Lipinski definition) is 3. The molecule has 4 nitrogen and oxygen atoms in total. The van der Waals surface area contributed by atoms with Gasteiger partial charge in [0, 0.05) is 30.1 Å². The van der Waals surface area contributed by atoms with E-state index in [4.69, 9.17) is 16.3 Å². The number of benzene rings is 1. The first-order valence-corrected chi connectivity index (χ1v) is 9.39. The monoisotopic (exact) mass is 350 g/mol. The largest absolute Gasteiger partial charge is 0.493 e. The van der Waals surface area contributed by atoms with Crippen molar-refractivity contribution in [1.29, 1.82) is 0 Å². The molecule has 5 heteroatoms. The van der Waals surface area contributed by atoms with Crippen LogP contribution in [0.25, 0.3) is 0 Å². The summed E-state index contributed by atoms with van der Waals surface area (Å²) in [5.74, 6) is 1.59. The van der Waals surface area contributed by atoms with Crippen molar-refractivity contribution in [1.82, 2.24) is 10.6 Å². The Bertz CT molecular complexity index is 566. The first kappa shape index (κ1) is 17.6. The predicted molar refractivity (Wildman–Crippen MR) is 96.6 cm³/mol. The quantitative estimate of drug-likeness (QED) is 0.740. The highest BCUT2D eigenvalue weighted by molar-refractivity contribution is 6.30. The summed E-state index contributed by atoms with van der Waals surface area (Å²) in [6.07, 6.45) is 6.36. The van der Waals surface area contributed by atoms with Crippen molar-refractivity contribution in [2.45, 2.75) is 57.5 Å². The normalized spacial score (nSPS) is 25.5. The Labute approximate surface area is 149 Å². The van der Waals surface area contributed by atoms with Crippen LogP contribution in [0.15, 0.2) is 18.2 Å². The van der Waals surface area contributed by atoms with Crippen LogP contribution in [0.2, 0.25) is 5.02 Å². The highest BCUT2D eigenvalue weighted by atomic mass is 35.5. The van der Waals surface area contributed by atoms with Crippen molar-refractivity contribution >= 4 is 17.5 Å². The molecule has 0 saturated carbocycles. The van der Waals surface area contributed by atoms with Crippen LogP contribution in [-0.2, 0) is 4.79 Å². The Morgan fingerprint density at radius 3 is 2.79 bits per heavy atom. The van der Waals surface area contributed by atoms with Crippen LogP contribution in [0, 0.1) is 12.8 Å². The lowest BCUT2D eigenvalue weighted by atomic mass is 9.89. The molecule has 2 saturated heterocycles. The average Bonchev–Trinajstić information content (AvgIpc) is 2.87. The lowest BCUT2D eigenvalue weighted by Gasteiger charge is -2.28. The maximum absolute atomic E-state index is 12.1. The third kappa shape index (κ3) is 4.87. The number of fused-ring (bicyclic) bond motifs is 2. The SMILES string of the molecule is Cc1cc(Cl)ccc1OCCCNC(=O)CC1CC2CCC(C1)N2. The molecule has 2 aliphatic rings. The molecule has 1 amide bonds. The second kappa shape index (κ2) is 8.21. The van der Waals surface area contributed by atoms with E-state index in [1.807, 2.05) is 25.1 Å². The van der Waals surface area contributed by atoms with Crippen LogP contribution in [-0.4, -0.2) is 31.1 Å². The zero-order valence-electron chi connectivity index (χ0n) is 14.3. The second-order valence-electron chi connectivity index (χ2n) is 7.14. The van der Waals surface area contributed by atoms with Crippen LogP contribution >= 0.6 is 11.6 Å². The van der Waals surface area contributed by atoms with Gasteiger partial charge in [-0.15, -0.1) is 0 Å². The Kier molecular flexibility index (Phi) is 6.01. The van der Waals surface area contributed by atoms with E-state index < -0.39 is 0 Å². The fourth-order valence-electron chi connectivity index (χ4n) is 3.93. The average molecular weight is 351 g/mol. The van der Waals surface area contributed by atoms with Gasteiger partial charge in [0.25, 0.3) is 0 Å². The molecule has 24 heavy (non-hydrogen) atoms. The standard InChI is InChI=1S/C19H27ClN2O2/c1-13-9-15(20)3-6-18(13)24-8-2-7-21-19(23)12-14-10-16-4-5-17(11-14)22-16/h3,6,9,14,16-17,22H,2,4-5,7-8,10-12H2,1H3,(H,21,23). The van der Waals surface area contributed by atoms with Gasteiger partial charge in [0.2, 0.25) is 5.91 Å². The highest BCUT2D eigenvalue weighted by Gasteiger charge is 2.33. The molecule has 2 fully saturated rings. The number of aryl methyl sites for hydroxylation is 1. The van der Waals surface area contributed by atoms with Gasteiger partial charge in [-0.3, -0.25) is 4.79 Å². The molecule has 3 rings (SSSR count). The Morgan fingerprint density at radius 1 is 1.33 bits per heavy atom. The van der Waals surface area contributed by atoms with Crippen LogP contribution < -0.4 is 15.4 Å². The Morgan fingerprint density at radius 2 is 2.08 bits per heavy atom. The molecule has 2 heterocycles. The molecular formula is C19H27ClN2O2. The number of carbonyl (C=O) groups is 1. The van der Waals surface area contributed by atoms with E-state index in [-0.39, 0.29) is 5.91 Å². The molecule has 0 aromatic heterocycles. The zero-order chi connectivity index (χ0) is 16.9. The summed E-state index contributed by atoms with van der Waals surface area (Å²) in [7, 11) is 0. The summed E-state index contributed by atoms with van der Waals surface area (Å²) in [5, 5.41) is 7.37. The summed E-state index contributed by atoms with van der Waals surface area (Å²) >= 11 is 5.93. The van der Waals surface area contributed by atoms with Crippen molar-refractivity contribution in [3.8, 4) is 5.75 Å². The molecule has 2 atom stereocenters. The summed E-state index contributed by atoms with van der Waals surface area (Å²) in [6.45, 7) is 3.25. The van der Waals surface area contributed by atoms with Crippen molar-refractivity contribution < 1.29 is 9.53 Å². The minimum Gasteiger partial charge on any atom is -0.493 e. The highest BCUT2D eigenvalue weighted by Crippen LogP contribution is 2.32. The summed E-state index contributed by atoms with van der Waals surface area (Å²) in [5.41, 5.74) is 1.03. The number of piperidine rings is 1. The van der Waals surface area contributed by atoms with Crippen LogP contribution in [0.1, 0.15) is 44.1 Å². The topological polar surface area (TPSA) is 50.4 Å². The minimum atomic E-state index is 0.184. The first-order valence-electron chi connectivity index (χ1n) is 9.02. The van der Waals surface area contributed by atoms with Gasteiger partial charge in [0.15, 0.2) is 0 Å². The van der Waals surface area contributed by atoms with E-state index in [0.717, 1.165) is 35.6 Å². The van der Waals surface area contributed by atoms with E-state index >= 15 is 0 Å². The summed E-state index contributed by atoms with van der Waals surface area (Å²) in [4.78, 5) is 12.1. The van der Waals surface area contributed by atoms with Crippen molar-refractivity contribution in [3.05, 3.63) is 28.8 Å². The predicted octanol–water partition coefficient (Wildman–Crippen LogP) is 3.45. The molecule has 0 spiro atoms. The van der Waals surface area contributed by atoms with Gasteiger partial charge in [0.05, 0.1) is 6.61 Å². The summed E-state index contributed by atoms with van der Waals surface area (Å²) in [6, 6.07) is 6.92. The van der Waals surface area contributed by atoms with Crippen molar-refractivity contribution in [2.75, 3.05) is 13.2 Å². The lowest BCUT2D eigenvalue weighted by molar-refractivity contribution is -0.122. The zero-order valence-corrected chi connectivity index (χ0v) is 15.1. The first-order chi connectivity index (χ1) is 11.6. The fourth-order valence-corrected chi connectivity index (χ4v) is 4.16. The van der Waals surface area contributed by atoms with Gasteiger partial charge in [-0.2, -0.15) is 0 Å². The molecule has 0 aliphatic carbocycles. The molecule has 2 N–H and O–H groups in total. The number of halogens is 1. The molecule has 2 aliphatic heterocycles. The molecule has 2 bridgehead atoms. The summed E-state index contributed by atoms with van der Waals surface area (Å²) < 4.78 is 5.74. The van der Waals surface area contributed by atoms with Gasteiger partial charge in [0.1, 0.15) is 5.75 Å². The van der Waals surface area contributed by atoms with E-state index in [1.165, 1.54) is 12.8 Å². The van der Waals surface area contributed by atoms with Gasteiger partial charge in [-0.25, -0.2) is 0 Å². The van der Waals surface area contributed by atoms with Crippen LogP contribution in [0.5, 0.6) is 5.75 Å². The third-order valence-corrected chi connectivity index (χ3v) is 5.32. The van der Waals surface area contributed by atoms with E-state index in [9.17, 15) is 4.79 Å². The number of nitrogens with one attached hydrogen (secondary N) is 2. The molecule has 1 aromatic rings. The number of ether oxygens (including phenoxy) is 1. The van der Waals surface area contributed by atoms with Crippen molar-refractivity contribution in [3.63, 3.8) is 0 Å². The van der Waals surface area contributed by atoms with Gasteiger partial charge in [-0.1, -0.05) is 11.6 Å². The minimum absolute atomic E-state index is 0.184. The Balaban J connectivity index is 1.29. The number of rotatable bonds is 7. The van der Waals surface area contributed by atoms with Crippen LogP contribution in [0.3, 0.4) is 0 Å². The molecular weight excluding hydrogens is 324 g/mol. The maximum Gasteiger partial charge on any atom is 0.220 e. The molecule has 0 radical (unpaired) electrons. The molecule has 2 unspecified atom stereocenters. The lowest BCUT2D eigenvalue weighted by Crippen LogP contribution is -2.39. The number of amides is 1. The van der Waals surface area contributed by atoms with Gasteiger partial charge >= 0.3 is 0 Å². The molecule has 1 aromatic carbocycles. The smallest absolute Gasteiger partial charge is 0.220 e. The number of hydrogen-bond donors (Lipinski definition) is 2. The maximum atomic E-state index is 12.1. The third-order valence-electron chi connectivity index (χ3n) is 5.08. The van der Waals surface area contributed by atoms with E-state index in [0.29, 0.717) is 37.6 Å². The van der Waals surface area contributed by atoms with Crippen LogP contribution in [0.4, 0.5) is 0 Å². The van der Waals surface area contributed by atoms with Crippen molar-refractivity contribution in [2.24, 2.45) is 5.92 Å². The van der Waals surface area contributed by atoms with E-state index in [1.54, 1.807) is 0 Å². The van der Waals surface area contributed by atoms with Gasteiger partial charge < -0.3 is 15.4 Å².